The monoisotopic (exact) mass is 300 g/mol. The summed E-state index contributed by atoms with van der Waals surface area (Å²) in [6.45, 7) is 3.82. The summed E-state index contributed by atoms with van der Waals surface area (Å²) in [7, 11) is 1.55. The number of rotatable bonds is 5. The number of hydrogen-bond donors (Lipinski definition) is 0. The Hall–Kier alpha value is -1.90. The second-order valence-corrected chi connectivity index (χ2v) is 6.43. The number of amides is 1. The number of carbonyl (C=O) groups is 1. The molecule has 1 amide bonds. The van der Waals surface area contributed by atoms with Crippen molar-refractivity contribution in [3.05, 3.63) is 35.9 Å². The van der Waals surface area contributed by atoms with Gasteiger partial charge in [0.05, 0.1) is 24.1 Å². The molecule has 2 saturated heterocycles. The van der Waals surface area contributed by atoms with E-state index in [0.29, 0.717) is 0 Å². The number of methoxy groups -OCH3 is 1. The van der Waals surface area contributed by atoms with Crippen LogP contribution in [0.1, 0.15) is 31.9 Å². The van der Waals surface area contributed by atoms with Gasteiger partial charge in [0.1, 0.15) is 12.2 Å². The number of nitriles is 1. The summed E-state index contributed by atoms with van der Waals surface area (Å²) in [4.78, 5) is 14.1. The van der Waals surface area contributed by atoms with Crippen molar-refractivity contribution >= 4 is 5.91 Å². The van der Waals surface area contributed by atoms with Crippen LogP contribution in [0.15, 0.2) is 30.3 Å². The fraction of sp³-hybridized carbons (Fsp3) is 0.529. The Bertz CT molecular complexity index is 608. The van der Waals surface area contributed by atoms with Gasteiger partial charge in [-0.15, -0.1) is 0 Å². The minimum absolute atomic E-state index is 0.00247. The summed E-state index contributed by atoms with van der Waals surface area (Å²) in [5.41, 5.74) is 0.596. The highest BCUT2D eigenvalue weighted by atomic mass is 16.6. The zero-order valence-electron chi connectivity index (χ0n) is 13.0. The highest BCUT2D eigenvalue weighted by Gasteiger charge is 2.63. The number of β-lactam (4-membered cyclic amide) rings is 1. The first kappa shape index (κ1) is 15.0. The fourth-order valence-corrected chi connectivity index (χ4v) is 3.32. The van der Waals surface area contributed by atoms with E-state index >= 15 is 0 Å². The predicted molar refractivity (Wildman–Crippen MR) is 79.8 cm³/mol. The van der Waals surface area contributed by atoms with E-state index in [9.17, 15) is 4.79 Å². The molecule has 0 radical (unpaired) electrons. The van der Waals surface area contributed by atoms with Gasteiger partial charge in [-0.3, -0.25) is 4.79 Å². The Labute approximate surface area is 130 Å². The molecule has 2 heterocycles. The highest BCUT2D eigenvalue weighted by Crippen LogP contribution is 2.48. The normalized spacial score (nSPS) is 30.6. The molecular weight excluding hydrogens is 280 g/mol. The zero-order chi connectivity index (χ0) is 15.9. The van der Waals surface area contributed by atoms with Crippen molar-refractivity contribution in [2.45, 2.75) is 50.2 Å². The van der Waals surface area contributed by atoms with Gasteiger partial charge >= 0.3 is 0 Å². The first-order chi connectivity index (χ1) is 10.5. The molecular formula is C17H20N2O3. The molecule has 0 N–H and O–H groups in total. The quantitative estimate of drug-likeness (QED) is 0.616. The van der Waals surface area contributed by atoms with Gasteiger partial charge in [0.15, 0.2) is 6.10 Å². The summed E-state index contributed by atoms with van der Waals surface area (Å²) in [6.07, 6.45) is -0.258. The van der Waals surface area contributed by atoms with Crippen LogP contribution in [0.25, 0.3) is 0 Å². The van der Waals surface area contributed by atoms with Crippen LogP contribution in [-0.2, 0) is 14.3 Å². The molecule has 0 unspecified atom stereocenters. The highest BCUT2D eigenvalue weighted by molar-refractivity contribution is 5.89. The minimum atomic E-state index is -0.515. The number of ether oxygens (including phenoxy) is 2. The molecule has 1 aromatic carbocycles. The lowest BCUT2D eigenvalue weighted by Gasteiger charge is -2.53. The summed E-state index contributed by atoms with van der Waals surface area (Å²) >= 11 is 0. The summed E-state index contributed by atoms with van der Waals surface area (Å²) in [5, 5.41) is 9.00. The van der Waals surface area contributed by atoms with Crippen LogP contribution < -0.4 is 0 Å². The van der Waals surface area contributed by atoms with E-state index in [4.69, 9.17) is 14.7 Å². The molecule has 22 heavy (non-hydrogen) atoms. The van der Waals surface area contributed by atoms with Gasteiger partial charge in [-0.05, 0) is 19.4 Å². The maximum Gasteiger partial charge on any atom is 0.254 e. The van der Waals surface area contributed by atoms with Gasteiger partial charge in [0, 0.05) is 7.11 Å². The maximum absolute atomic E-state index is 12.3. The molecule has 5 nitrogen and oxygen atoms in total. The SMILES string of the molecule is CO[C@@H]1C(=O)N(C(C)(C)CC#N)[C@@H]1[C@H]1O[C@H]1c1ccccc1. The smallest absolute Gasteiger partial charge is 0.254 e. The second-order valence-electron chi connectivity index (χ2n) is 6.43. The third-order valence-corrected chi connectivity index (χ3v) is 4.50. The number of likely N-dealkylation sites (tertiary alicyclic amines) is 1. The van der Waals surface area contributed by atoms with Gasteiger partial charge in [-0.1, -0.05) is 30.3 Å². The molecule has 0 spiro atoms. The molecule has 2 aliphatic rings. The van der Waals surface area contributed by atoms with E-state index < -0.39 is 11.6 Å². The van der Waals surface area contributed by atoms with Crippen molar-refractivity contribution in [3.63, 3.8) is 0 Å². The zero-order valence-corrected chi connectivity index (χ0v) is 13.0. The molecule has 2 aliphatic heterocycles. The third kappa shape index (κ3) is 2.29. The fourth-order valence-electron chi connectivity index (χ4n) is 3.32. The number of carbonyl (C=O) groups excluding carboxylic acids is 1. The van der Waals surface area contributed by atoms with Crippen molar-refractivity contribution in [2.75, 3.05) is 7.11 Å². The molecule has 1 aromatic rings. The van der Waals surface area contributed by atoms with E-state index in [0.717, 1.165) is 5.56 Å². The Morgan fingerprint density at radius 3 is 2.64 bits per heavy atom. The Morgan fingerprint density at radius 1 is 1.36 bits per heavy atom. The van der Waals surface area contributed by atoms with Crippen LogP contribution in [0.2, 0.25) is 0 Å². The number of benzene rings is 1. The van der Waals surface area contributed by atoms with E-state index in [-0.39, 0.29) is 30.6 Å². The summed E-state index contributed by atoms with van der Waals surface area (Å²) in [6, 6.07) is 12.0. The van der Waals surface area contributed by atoms with Gasteiger partial charge < -0.3 is 14.4 Å². The Morgan fingerprint density at radius 2 is 2.05 bits per heavy atom. The van der Waals surface area contributed by atoms with Crippen LogP contribution in [0.4, 0.5) is 0 Å². The minimum Gasteiger partial charge on any atom is -0.369 e. The Kier molecular flexibility index (Phi) is 3.67. The molecule has 0 saturated carbocycles. The molecule has 116 valence electrons. The van der Waals surface area contributed by atoms with E-state index in [1.54, 1.807) is 12.0 Å². The molecule has 0 aliphatic carbocycles. The first-order valence-electron chi connectivity index (χ1n) is 7.44. The molecule has 5 heteroatoms. The van der Waals surface area contributed by atoms with Crippen molar-refractivity contribution < 1.29 is 14.3 Å². The van der Waals surface area contributed by atoms with Crippen LogP contribution in [0.5, 0.6) is 0 Å². The van der Waals surface area contributed by atoms with Gasteiger partial charge in [-0.25, -0.2) is 0 Å². The molecule has 0 aromatic heterocycles. The predicted octanol–water partition coefficient (Wildman–Crippen LogP) is 2.04. The van der Waals surface area contributed by atoms with Gasteiger partial charge in [0.25, 0.3) is 5.91 Å². The van der Waals surface area contributed by atoms with Crippen LogP contribution in [0, 0.1) is 11.3 Å². The number of hydrogen-bond acceptors (Lipinski definition) is 4. The van der Waals surface area contributed by atoms with Gasteiger partial charge in [-0.2, -0.15) is 5.26 Å². The second kappa shape index (κ2) is 5.38. The van der Waals surface area contributed by atoms with E-state index in [1.807, 2.05) is 44.2 Å². The van der Waals surface area contributed by atoms with Crippen molar-refractivity contribution in [1.29, 1.82) is 5.26 Å². The lowest BCUT2D eigenvalue weighted by atomic mass is 9.84. The van der Waals surface area contributed by atoms with Crippen LogP contribution in [-0.4, -0.2) is 41.7 Å². The Balaban J connectivity index is 1.79. The lowest BCUT2D eigenvalue weighted by molar-refractivity contribution is -0.184. The van der Waals surface area contributed by atoms with Crippen LogP contribution in [0.3, 0.4) is 0 Å². The molecule has 4 atom stereocenters. The summed E-state index contributed by atoms with van der Waals surface area (Å²) < 4.78 is 11.2. The number of epoxide rings is 1. The maximum atomic E-state index is 12.3. The lowest BCUT2D eigenvalue weighted by Crippen LogP contribution is -2.73. The molecule has 3 rings (SSSR count). The average Bonchev–Trinajstić information content (AvgIpc) is 3.25. The molecule has 0 bridgehead atoms. The summed E-state index contributed by atoms with van der Waals surface area (Å²) in [5.74, 6) is -0.0601. The number of nitrogens with zero attached hydrogens (tertiary/aromatic N) is 2. The van der Waals surface area contributed by atoms with Crippen molar-refractivity contribution in [1.82, 2.24) is 4.90 Å². The topological polar surface area (TPSA) is 65.9 Å². The van der Waals surface area contributed by atoms with Crippen molar-refractivity contribution in [3.8, 4) is 6.07 Å². The standard InChI is InChI=1S/C17H20N2O3/c1-17(2,9-10-18)19-12(15(21-3)16(19)20)14-13(22-14)11-7-5-4-6-8-11/h4-8,12-15H,9H2,1-3H3/t12-,13+,14-,15+/m1/s1. The van der Waals surface area contributed by atoms with Gasteiger partial charge in [0.2, 0.25) is 0 Å². The van der Waals surface area contributed by atoms with Crippen LogP contribution >= 0.6 is 0 Å². The molecule has 2 fully saturated rings. The van der Waals surface area contributed by atoms with E-state index in [2.05, 4.69) is 6.07 Å². The largest absolute Gasteiger partial charge is 0.369 e. The third-order valence-electron chi connectivity index (χ3n) is 4.50. The van der Waals surface area contributed by atoms with Crippen molar-refractivity contribution in [2.24, 2.45) is 0 Å². The first-order valence-corrected chi connectivity index (χ1v) is 7.44. The van der Waals surface area contributed by atoms with E-state index in [1.165, 1.54) is 0 Å². The average molecular weight is 300 g/mol.